The molecule has 2 aromatic carbocycles. The monoisotopic (exact) mass is 390 g/mol. The average molecular weight is 391 g/mol. The van der Waals surface area contributed by atoms with E-state index in [-0.39, 0.29) is 0 Å². The first kappa shape index (κ1) is 18.2. The molecule has 1 N–H and O–H groups in total. The maximum absolute atomic E-state index is 6.11. The molecule has 0 spiro atoms. The number of hydrogen-bond donors (Lipinski definition) is 1. The van der Waals surface area contributed by atoms with Crippen LogP contribution in [-0.2, 0) is 0 Å². The van der Waals surface area contributed by atoms with Crippen molar-refractivity contribution >= 4 is 28.5 Å². The van der Waals surface area contributed by atoms with Crippen LogP contribution in [0.15, 0.2) is 64.1 Å². The number of aromatic nitrogens is 2. The fourth-order valence-electron chi connectivity index (χ4n) is 3.02. The van der Waals surface area contributed by atoms with Gasteiger partial charge in [0, 0.05) is 33.4 Å². The van der Waals surface area contributed by atoms with Crippen LogP contribution in [-0.4, -0.2) is 9.97 Å². The largest absolute Gasteiger partial charge is 0.456 e. The van der Waals surface area contributed by atoms with Crippen molar-refractivity contribution in [2.24, 2.45) is 5.10 Å². The van der Waals surface area contributed by atoms with Crippen molar-refractivity contribution in [2.75, 3.05) is 5.43 Å². The van der Waals surface area contributed by atoms with Crippen LogP contribution in [0.1, 0.15) is 17.0 Å². The van der Waals surface area contributed by atoms with Gasteiger partial charge in [0.15, 0.2) is 0 Å². The summed E-state index contributed by atoms with van der Waals surface area (Å²) in [7, 11) is 0. The van der Waals surface area contributed by atoms with Gasteiger partial charge < -0.3 is 4.42 Å². The molecule has 4 aromatic rings. The Balaban J connectivity index is 1.86. The maximum atomic E-state index is 6.11. The lowest BCUT2D eigenvalue weighted by Gasteiger charge is -2.07. The minimum Gasteiger partial charge on any atom is -0.456 e. The number of benzene rings is 2. The highest BCUT2D eigenvalue weighted by Gasteiger charge is 2.07. The zero-order valence-corrected chi connectivity index (χ0v) is 16.6. The number of hydrogen-bond acceptors (Lipinski definition) is 5. The number of anilines is 1. The SMILES string of the molecule is Cc1ccc2oc(-c3ccc(Cl)cc3)c/c(=N\Nc3nc(C)cc(C)n3)c2c1. The second kappa shape index (κ2) is 7.44. The van der Waals surface area contributed by atoms with E-state index in [9.17, 15) is 0 Å². The Bertz CT molecular complexity index is 1210. The van der Waals surface area contributed by atoms with Gasteiger partial charge in [-0.2, -0.15) is 5.10 Å². The Morgan fingerprint density at radius 2 is 1.61 bits per heavy atom. The zero-order chi connectivity index (χ0) is 19.7. The smallest absolute Gasteiger partial charge is 0.243 e. The van der Waals surface area contributed by atoms with Crippen LogP contribution in [0.25, 0.3) is 22.3 Å². The van der Waals surface area contributed by atoms with E-state index in [4.69, 9.17) is 16.0 Å². The van der Waals surface area contributed by atoms with Crippen molar-refractivity contribution in [1.29, 1.82) is 0 Å². The molecular weight excluding hydrogens is 372 g/mol. The van der Waals surface area contributed by atoms with Gasteiger partial charge in [-0.3, -0.25) is 0 Å². The molecule has 0 aliphatic carbocycles. The number of fused-ring (bicyclic) bond motifs is 1. The number of nitrogens with one attached hydrogen (secondary N) is 1. The summed E-state index contributed by atoms with van der Waals surface area (Å²) in [5, 5.41) is 6.91. The lowest BCUT2D eigenvalue weighted by molar-refractivity contribution is 0.618. The molecule has 0 radical (unpaired) electrons. The topological polar surface area (TPSA) is 63.3 Å². The van der Waals surface area contributed by atoms with Crippen molar-refractivity contribution in [1.82, 2.24) is 9.97 Å². The Morgan fingerprint density at radius 1 is 0.893 bits per heavy atom. The lowest BCUT2D eigenvalue weighted by atomic mass is 10.1. The fourth-order valence-corrected chi connectivity index (χ4v) is 3.14. The van der Waals surface area contributed by atoms with Crippen molar-refractivity contribution in [3.05, 3.63) is 81.9 Å². The molecule has 0 aliphatic heterocycles. The van der Waals surface area contributed by atoms with E-state index < -0.39 is 0 Å². The molecule has 6 heteroatoms. The van der Waals surface area contributed by atoms with E-state index in [0.29, 0.717) is 16.7 Å². The molecule has 2 heterocycles. The zero-order valence-electron chi connectivity index (χ0n) is 15.8. The molecule has 140 valence electrons. The van der Waals surface area contributed by atoms with Gasteiger partial charge in [-0.05, 0) is 63.2 Å². The Labute approximate surface area is 167 Å². The van der Waals surface area contributed by atoms with Crippen LogP contribution >= 0.6 is 11.6 Å². The van der Waals surface area contributed by atoms with Gasteiger partial charge in [-0.1, -0.05) is 23.2 Å². The Morgan fingerprint density at radius 3 is 2.32 bits per heavy atom. The summed E-state index contributed by atoms with van der Waals surface area (Å²) in [6, 6.07) is 17.4. The number of rotatable bonds is 3. The first-order chi connectivity index (χ1) is 13.5. The highest BCUT2D eigenvalue weighted by molar-refractivity contribution is 6.30. The third kappa shape index (κ3) is 3.89. The molecule has 0 amide bonds. The fraction of sp³-hybridized carbons (Fsp3) is 0.136. The van der Waals surface area contributed by atoms with Gasteiger partial charge in [0.1, 0.15) is 11.3 Å². The molecule has 28 heavy (non-hydrogen) atoms. The molecular formula is C22H19ClN4O. The van der Waals surface area contributed by atoms with Gasteiger partial charge in [-0.25, -0.2) is 15.4 Å². The minimum atomic E-state index is 0.465. The summed E-state index contributed by atoms with van der Waals surface area (Å²) in [6.45, 7) is 5.90. The molecule has 5 nitrogen and oxygen atoms in total. The average Bonchev–Trinajstić information content (AvgIpc) is 2.66. The molecule has 0 fully saturated rings. The van der Waals surface area contributed by atoms with E-state index in [1.807, 2.05) is 75.4 Å². The van der Waals surface area contributed by atoms with E-state index in [1.54, 1.807) is 0 Å². The van der Waals surface area contributed by atoms with Crippen molar-refractivity contribution < 1.29 is 4.42 Å². The van der Waals surface area contributed by atoms with Crippen LogP contribution < -0.4 is 10.8 Å². The van der Waals surface area contributed by atoms with E-state index >= 15 is 0 Å². The molecule has 0 unspecified atom stereocenters. The van der Waals surface area contributed by atoms with Crippen LogP contribution in [0, 0.1) is 20.8 Å². The first-order valence-corrected chi connectivity index (χ1v) is 9.28. The molecule has 0 saturated heterocycles. The molecule has 2 aromatic heterocycles. The number of aryl methyl sites for hydroxylation is 3. The third-order valence-electron chi connectivity index (χ3n) is 4.29. The summed E-state index contributed by atoms with van der Waals surface area (Å²) >= 11 is 6.01. The quantitative estimate of drug-likeness (QED) is 0.476. The molecule has 0 atom stereocenters. The van der Waals surface area contributed by atoms with Crippen molar-refractivity contribution in [3.63, 3.8) is 0 Å². The second-order valence-electron chi connectivity index (χ2n) is 6.70. The van der Waals surface area contributed by atoms with E-state index in [1.165, 1.54) is 0 Å². The third-order valence-corrected chi connectivity index (χ3v) is 4.54. The number of halogens is 1. The molecule has 4 rings (SSSR count). The summed E-state index contributed by atoms with van der Waals surface area (Å²) in [6.07, 6.45) is 0. The molecule has 0 saturated carbocycles. The Kier molecular flexibility index (Phi) is 4.84. The molecule has 0 aliphatic rings. The van der Waals surface area contributed by atoms with Crippen LogP contribution in [0.4, 0.5) is 5.95 Å². The highest BCUT2D eigenvalue weighted by atomic mass is 35.5. The van der Waals surface area contributed by atoms with Crippen molar-refractivity contribution in [3.8, 4) is 11.3 Å². The van der Waals surface area contributed by atoms with Gasteiger partial charge in [0.05, 0.1) is 5.36 Å². The Hall–Kier alpha value is -3.18. The summed E-state index contributed by atoms with van der Waals surface area (Å²) in [5.41, 5.74) is 7.55. The minimum absolute atomic E-state index is 0.465. The maximum Gasteiger partial charge on any atom is 0.243 e. The van der Waals surface area contributed by atoms with Crippen LogP contribution in [0.2, 0.25) is 5.02 Å². The summed E-state index contributed by atoms with van der Waals surface area (Å²) < 4.78 is 6.11. The summed E-state index contributed by atoms with van der Waals surface area (Å²) in [4.78, 5) is 8.77. The second-order valence-corrected chi connectivity index (χ2v) is 7.14. The predicted octanol–water partition coefficient (Wildman–Crippen LogP) is 5.40. The number of nitrogens with zero attached hydrogens (tertiary/aromatic N) is 3. The lowest BCUT2D eigenvalue weighted by Crippen LogP contribution is -2.09. The normalized spacial score (nSPS) is 11.8. The van der Waals surface area contributed by atoms with Crippen molar-refractivity contribution in [2.45, 2.75) is 20.8 Å². The first-order valence-electron chi connectivity index (χ1n) is 8.90. The highest BCUT2D eigenvalue weighted by Crippen LogP contribution is 2.24. The van der Waals surface area contributed by atoms with Gasteiger partial charge in [0.25, 0.3) is 0 Å². The molecule has 0 bridgehead atoms. The van der Waals surface area contributed by atoms with Gasteiger partial charge >= 0.3 is 0 Å². The summed E-state index contributed by atoms with van der Waals surface area (Å²) in [5.74, 6) is 1.17. The standard InChI is InChI=1S/C22H19ClN4O/c1-13-4-9-20-18(10-13)19(26-27-22-24-14(2)11-15(3)25-22)12-21(28-20)16-5-7-17(23)8-6-16/h4-12H,1-3H3,(H,24,25,27)/b26-19+. The van der Waals surface area contributed by atoms with Gasteiger partial charge in [0.2, 0.25) is 5.95 Å². The van der Waals surface area contributed by atoms with Gasteiger partial charge in [-0.15, -0.1) is 0 Å². The van der Waals surface area contributed by atoms with Crippen LogP contribution in [0.3, 0.4) is 0 Å². The predicted molar refractivity (Wildman–Crippen MR) is 112 cm³/mol. The van der Waals surface area contributed by atoms with Crippen LogP contribution in [0.5, 0.6) is 0 Å². The van der Waals surface area contributed by atoms with E-state index in [2.05, 4.69) is 20.5 Å². The van der Waals surface area contributed by atoms with E-state index in [0.717, 1.165) is 38.8 Å².